The summed E-state index contributed by atoms with van der Waals surface area (Å²) in [6, 6.07) is 0.420. The molecule has 2 rings (SSSR count). The van der Waals surface area contributed by atoms with Crippen LogP contribution in [-0.2, 0) is 4.79 Å². The summed E-state index contributed by atoms with van der Waals surface area (Å²) in [5.74, 6) is -0.929. The molecule has 2 amide bonds. The number of hydrogen-bond acceptors (Lipinski definition) is 3. The maximum atomic E-state index is 12.5. The second-order valence-electron chi connectivity index (χ2n) is 5.74. The molecule has 1 saturated carbocycles. The molecule has 19 heavy (non-hydrogen) atoms. The van der Waals surface area contributed by atoms with Crippen molar-refractivity contribution < 1.29 is 14.7 Å². The number of carboxylic acids is 1. The highest BCUT2D eigenvalue weighted by atomic mass is 16.4. The number of urea groups is 1. The van der Waals surface area contributed by atoms with Crippen molar-refractivity contribution in [3.8, 4) is 0 Å². The number of carboxylic acid groups (broad SMARTS) is 1. The second-order valence-corrected chi connectivity index (χ2v) is 5.74. The zero-order chi connectivity index (χ0) is 14.0. The smallest absolute Gasteiger partial charge is 0.323 e. The van der Waals surface area contributed by atoms with Crippen LogP contribution in [0.3, 0.4) is 0 Å². The molecule has 0 aromatic carbocycles. The third kappa shape index (κ3) is 3.59. The van der Waals surface area contributed by atoms with E-state index in [2.05, 4.69) is 4.90 Å². The van der Waals surface area contributed by atoms with Gasteiger partial charge >= 0.3 is 12.0 Å². The van der Waals surface area contributed by atoms with E-state index in [1.54, 1.807) is 0 Å². The van der Waals surface area contributed by atoms with E-state index in [1.165, 1.54) is 4.90 Å². The Hall–Kier alpha value is -1.30. The highest BCUT2D eigenvalue weighted by molar-refractivity contribution is 5.81. The predicted octanol–water partition coefficient (Wildman–Crippen LogP) is 0.681. The molecule has 0 spiro atoms. The average molecular weight is 269 g/mol. The molecule has 1 atom stereocenters. The van der Waals surface area contributed by atoms with Gasteiger partial charge in [-0.2, -0.15) is 0 Å². The summed E-state index contributed by atoms with van der Waals surface area (Å²) in [6.45, 7) is 1.27. The Bertz CT molecular complexity index is 355. The Balaban J connectivity index is 1.98. The Labute approximate surface area is 114 Å². The van der Waals surface area contributed by atoms with Gasteiger partial charge in [0.1, 0.15) is 6.54 Å². The molecule has 0 aromatic rings. The molecule has 6 heteroatoms. The van der Waals surface area contributed by atoms with Crippen LogP contribution in [0.25, 0.3) is 0 Å². The average Bonchev–Trinajstić information content (AvgIpc) is 3.19. The van der Waals surface area contributed by atoms with Crippen molar-refractivity contribution in [1.29, 1.82) is 0 Å². The van der Waals surface area contributed by atoms with Crippen molar-refractivity contribution in [2.24, 2.45) is 0 Å². The molecule has 0 radical (unpaired) electrons. The summed E-state index contributed by atoms with van der Waals surface area (Å²) in [5, 5.41) is 8.93. The van der Waals surface area contributed by atoms with E-state index in [0.717, 1.165) is 32.2 Å². The number of carbonyl (C=O) groups is 2. The standard InChI is InChI=1S/C13H23N3O3/c1-14(2)11-4-3-7-15(8-11)13(19)16(9-12(17)18)10-5-6-10/h10-11H,3-9H2,1-2H3,(H,17,18). The number of likely N-dealkylation sites (N-methyl/N-ethyl adjacent to an activating group) is 1. The highest BCUT2D eigenvalue weighted by Gasteiger charge is 2.37. The summed E-state index contributed by atoms with van der Waals surface area (Å²) >= 11 is 0. The zero-order valence-electron chi connectivity index (χ0n) is 11.7. The first-order chi connectivity index (χ1) is 8.99. The predicted molar refractivity (Wildman–Crippen MR) is 71.0 cm³/mol. The summed E-state index contributed by atoms with van der Waals surface area (Å²) in [6.07, 6.45) is 3.95. The molecule has 108 valence electrons. The van der Waals surface area contributed by atoms with Crippen molar-refractivity contribution in [2.45, 2.75) is 37.8 Å². The third-order valence-corrected chi connectivity index (χ3v) is 3.94. The van der Waals surface area contributed by atoms with E-state index in [0.29, 0.717) is 12.6 Å². The molecule has 1 aliphatic carbocycles. The second kappa shape index (κ2) is 5.77. The normalized spacial score (nSPS) is 23.5. The van der Waals surface area contributed by atoms with Gasteiger partial charge in [-0.15, -0.1) is 0 Å². The SMILES string of the molecule is CN(C)C1CCCN(C(=O)N(CC(=O)O)C2CC2)C1. The topological polar surface area (TPSA) is 64.1 Å². The molecule has 1 unspecified atom stereocenters. The Kier molecular flexibility index (Phi) is 4.29. The summed E-state index contributed by atoms with van der Waals surface area (Å²) in [7, 11) is 4.04. The molecule has 2 fully saturated rings. The number of aliphatic carboxylic acids is 1. The molecular formula is C13H23N3O3. The lowest BCUT2D eigenvalue weighted by molar-refractivity contribution is -0.137. The summed E-state index contributed by atoms with van der Waals surface area (Å²) in [4.78, 5) is 28.8. The van der Waals surface area contributed by atoms with Gasteiger partial charge < -0.3 is 19.8 Å². The van der Waals surface area contributed by atoms with Crippen molar-refractivity contribution >= 4 is 12.0 Å². The monoisotopic (exact) mass is 269 g/mol. The van der Waals surface area contributed by atoms with Gasteiger partial charge in [-0.05, 0) is 39.8 Å². The van der Waals surface area contributed by atoms with Gasteiger partial charge in [0, 0.05) is 25.2 Å². The molecule has 1 saturated heterocycles. The van der Waals surface area contributed by atoms with Crippen LogP contribution >= 0.6 is 0 Å². The number of carbonyl (C=O) groups excluding carboxylic acids is 1. The van der Waals surface area contributed by atoms with E-state index in [1.807, 2.05) is 19.0 Å². The van der Waals surface area contributed by atoms with E-state index in [4.69, 9.17) is 5.11 Å². The van der Waals surface area contributed by atoms with Gasteiger partial charge in [0.25, 0.3) is 0 Å². The zero-order valence-corrected chi connectivity index (χ0v) is 11.7. The van der Waals surface area contributed by atoms with Crippen molar-refractivity contribution in [3.63, 3.8) is 0 Å². The fourth-order valence-electron chi connectivity index (χ4n) is 2.62. The van der Waals surface area contributed by atoms with Crippen LogP contribution in [0, 0.1) is 0 Å². The fraction of sp³-hybridized carbons (Fsp3) is 0.846. The van der Waals surface area contributed by atoms with E-state index in [-0.39, 0.29) is 18.6 Å². The molecular weight excluding hydrogens is 246 g/mol. The van der Waals surface area contributed by atoms with E-state index >= 15 is 0 Å². The fourth-order valence-corrected chi connectivity index (χ4v) is 2.62. The van der Waals surface area contributed by atoms with Gasteiger partial charge in [0.05, 0.1) is 0 Å². The number of likely N-dealkylation sites (tertiary alicyclic amines) is 1. The molecule has 0 aromatic heterocycles. The summed E-state index contributed by atoms with van der Waals surface area (Å²) in [5.41, 5.74) is 0. The van der Waals surface area contributed by atoms with E-state index < -0.39 is 5.97 Å². The van der Waals surface area contributed by atoms with Gasteiger partial charge in [-0.1, -0.05) is 0 Å². The van der Waals surface area contributed by atoms with Crippen molar-refractivity contribution in [1.82, 2.24) is 14.7 Å². The van der Waals surface area contributed by atoms with Crippen LogP contribution in [0.4, 0.5) is 4.79 Å². The van der Waals surface area contributed by atoms with Gasteiger partial charge in [0.2, 0.25) is 0 Å². The number of nitrogens with zero attached hydrogens (tertiary/aromatic N) is 3. The lowest BCUT2D eigenvalue weighted by atomic mass is 10.1. The van der Waals surface area contributed by atoms with Crippen LogP contribution in [0.2, 0.25) is 0 Å². The van der Waals surface area contributed by atoms with Crippen molar-refractivity contribution in [2.75, 3.05) is 33.7 Å². The minimum atomic E-state index is -0.929. The number of rotatable bonds is 4. The van der Waals surface area contributed by atoms with Gasteiger partial charge in [0.15, 0.2) is 0 Å². The van der Waals surface area contributed by atoms with Crippen LogP contribution in [-0.4, -0.2) is 77.6 Å². The maximum Gasteiger partial charge on any atom is 0.323 e. The molecule has 1 heterocycles. The molecule has 0 bridgehead atoms. The van der Waals surface area contributed by atoms with Crippen LogP contribution in [0.5, 0.6) is 0 Å². The quantitative estimate of drug-likeness (QED) is 0.815. The van der Waals surface area contributed by atoms with E-state index in [9.17, 15) is 9.59 Å². The largest absolute Gasteiger partial charge is 0.480 e. The van der Waals surface area contributed by atoms with Crippen LogP contribution < -0.4 is 0 Å². The minimum Gasteiger partial charge on any atom is -0.480 e. The lowest BCUT2D eigenvalue weighted by Gasteiger charge is -2.38. The Morgan fingerprint density at radius 3 is 2.42 bits per heavy atom. The Morgan fingerprint density at radius 2 is 1.89 bits per heavy atom. The highest BCUT2D eigenvalue weighted by Crippen LogP contribution is 2.28. The maximum absolute atomic E-state index is 12.5. The van der Waals surface area contributed by atoms with Crippen LogP contribution in [0.1, 0.15) is 25.7 Å². The first-order valence-corrected chi connectivity index (χ1v) is 6.93. The Morgan fingerprint density at radius 1 is 1.21 bits per heavy atom. The third-order valence-electron chi connectivity index (χ3n) is 3.94. The summed E-state index contributed by atoms with van der Waals surface area (Å²) < 4.78 is 0. The first kappa shape index (κ1) is 14.1. The number of hydrogen-bond donors (Lipinski definition) is 1. The van der Waals surface area contributed by atoms with Crippen LogP contribution in [0.15, 0.2) is 0 Å². The van der Waals surface area contributed by atoms with Crippen molar-refractivity contribution in [3.05, 3.63) is 0 Å². The lowest BCUT2D eigenvalue weighted by Crippen LogP contribution is -2.53. The molecule has 2 aliphatic rings. The molecule has 1 aliphatic heterocycles. The van der Waals surface area contributed by atoms with Gasteiger partial charge in [-0.25, -0.2) is 4.79 Å². The van der Waals surface area contributed by atoms with Gasteiger partial charge in [-0.3, -0.25) is 4.79 Å². The minimum absolute atomic E-state index is 0.101. The number of amides is 2. The molecule has 1 N–H and O–H groups in total. The molecule has 6 nitrogen and oxygen atoms in total. The number of piperidine rings is 1. The first-order valence-electron chi connectivity index (χ1n) is 6.93.